The number of carbonyl (C=O) groups is 3. The zero-order chi connectivity index (χ0) is 18.9. The van der Waals surface area contributed by atoms with Crippen molar-refractivity contribution in [1.29, 1.82) is 0 Å². The molecular formula is C18H17ClFNO4. The molecule has 0 saturated carbocycles. The third kappa shape index (κ3) is 3.79. The highest BCUT2D eigenvalue weighted by molar-refractivity contribution is 6.33. The van der Waals surface area contributed by atoms with Crippen molar-refractivity contribution < 1.29 is 23.5 Å². The third-order valence-electron chi connectivity index (χ3n) is 3.84. The van der Waals surface area contributed by atoms with Crippen molar-refractivity contribution >= 4 is 29.1 Å². The molecule has 2 aromatic rings. The maximum Gasteiger partial charge on any atom is 0.340 e. The topological polar surface area (TPSA) is 76.2 Å². The predicted molar refractivity (Wildman–Crippen MR) is 90.9 cm³/mol. The lowest BCUT2D eigenvalue weighted by Gasteiger charge is -2.13. The van der Waals surface area contributed by atoms with Crippen LogP contribution in [-0.2, 0) is 4.74 Å². The second-order valence-electron chi connectivity index (χ2n) is 5.72. The fourth-order valence-corrected chi connectivity index (χ4v) is 2.90. The molecule has 2 rings (SSSR count). The molecule has 0 radical (unpaired) electrons. The Morgan fingerprint density at radius 3 is 2.40 bits per heavy atom. The molecule has 1 unspecified atom stereocenters. The van der Waals surface area contributed by atoms with Gasteiger partial charge in [-0.25, -0.2) is 9.18 Å². The van der Waals surface area contributed by atoms with E-state index >= 15 is 0 Å². The second-order valence-corrected chi connectivity index (χ2v) is 6.12. The van der Waals surface area contributed by atoms with Crippen LogP contribution in [0.4, 0.5) is 4.39 Å². The molecule has 1 heterocycles. The lowest BCUT2D eigenvalue weighted by Crippen LogP contribution is -2.25. The van der Waals surface area contributed by atoms with Gasteiger partial charge in [-0.15, -0.1) is 0 Å². The molecule has 1 atom stereocenters. The lowest BCUT2D eigenvalue weighted by molar-refractivity contribution is 0.0317. The van der Waals surface area contributed by atoms with Gasteiger partial charge in [-0.1, -0.05) is 11.6 Å². The maximum absolute atomic E-state index is 13.1. The Morgan fingerprint density at radius 1 is 1.24 bits per heavy atom. The fraction of sp³-hybridized carbons (Fsp3) is 0.278. The SMILES string of the molecule is CC(=O)c1c(C)[nH]c(C(=O)C(C)OC(=O)c2ccc(F)cc2Cl)c1C. The van der Waals surface area contributed by atoms with Crippen LogP contribution in [0.5, 0.6) is 0 Å². The molecule has 0 fully saturated rings. The van der Waals surface area contributed by atoms with Gasteiger partial charge in [0.25, 0.3) is 0 Å². The van der Waals surface area contributed by atoms with Crippen molar-refractivity contribution in [1.82, 2.24) is 4.98 Å². The average molecular weight is 366 g/mol. The van der Waals surface area contributed by atoms with Crippen LogP contribution in [0.3, 0.4) is 0 Å². The van der Waals surface area contributed by atoms with E-state index in [-0.39, 0.29) is 22.1 Å². The van der Waals surface area contributed by atoms with E-state index in [1.807, 2.05) is 0 Å². The standard InChI is InChI=1S/C18H17ClFNO4/c1-8-15(10(3)22)9(2)21-16(8)17(23)11(4)25-18(24)13-6-5-12(20)7-14(13)19/h5-7,11,21H,1-4H3. The molecule has 0 bridgehead atoms. The van der Waals surface area contributed by atoms with Gasteiger partial charge < -0.3 is 9.72 Å². The molecule has 0 aliphatic carbocycles. The van der Waals surface area contributed by atoms with Gasteiger partial charge in [0.2, 0.25) is 5.78 Å². The number of aromatic amines is 1. The molecule has 5 nitrogen and oxygen atoms in total. The van der Waals surface area contributed by atoms with E-state index in [2.05, 4.69) is 4.98 Å². The zero-order valence-electron chi connectivity index (χ0n) is 14.2. The molecule has 1 N–H and O–H groups in total. The first kappa shape index (κ1) is 18.9. The first-order valence-electron chi connectivity index (χ1n) is 7.53. The molecule has 1 aromatic heterocycles. The van der Waals surface area contributed by atoms with Crippen LogP contribution in [-0.4, -0.2) is 28.6 Å². The van der Waals surface area contributed by atoms with Crippen LogP contribution in [0.25, 0.3) is 0 Å². The Hall–Kier alpha value is -2.47. The molecule has 0 amide bonds. The number of esters is 1. The average Bonchev–Trinajstić information content (AvgIpc) is 2.80. The number of carbonyl (C=O) groups excluding carboxylic acids is 3. The van der Waals surface area contributed by atoms with E-state index in [0.717, 1.165) is 12.1 Å². The summed E-state index contributed by atoms with van der Waals surface area (Å²) in [5, 5.41) is -0.101. The first-order valence-corrected chi connectivity index (χ1v) is 7.91. The van der Waals surface area contributed by atoms with Crippen LogP contribution < -0.4 is 0 Å². The van der Waals surface area contributed by atoms with Crippen molar-refractivity contribution in [3.8, 4) is 0 Å². The molecular weight excluding hydrogens is 349 g/mol. The van der Waals surface area contributed by atoms with Gasteiger partial charge in [0.05, 0.1) is 16.3 Å². The number of benzene rings is 1. The van der Waals surface area contributed by atoms with Crippen molar-refractivity contribution in [3.05, 3.63) is 57.1 Å². The number of hydrogen-bond acceptors (Lipinski definition) is 4. The van der Waals surface area contributed by atoms with Crippen LogP contribution in [0, 0.1) is 19.7 Å². The highest BCUT2D eigenvalue weighted by Gasteiger charge is 2.26. The van der Waals surface area contributed by atoms with Gasteiger partial charge in [0, 0.05) is 11.3 Å². The van der Waals surface area contributed by atoms with E-state index in [1.54, 1.807) is 13.8 Å². The van der Waals surface area contributed by atoms with E-state index in [1.165, 1.54) is 19.9 Å². The third-order valence-corrected chi connectivity index (χ3v) is 4.15. The minimum atomic E-state index is -1.11. The highest BCUT2D eigenvalue weighted by Crippen LogP contribution is 2.22. The summed E-state index contributed by atoms with van der Waals surface area (Å²) >= 11 is 5.82. The summed E-state index contributed by atoms with van der Waals surface area (Å²) in [5.74, 6) is -2.05. The fourth-order valence-electron chi connectivity index (χ4n) is 2.66. The predicted octanol–water partition coefficient (Wildman–Crippen LogP) is 4.05. The summed E-state index contributed by atoms with van der Waals surface area (Å²) in [5.41, 5.74) is 1.72. The largest absolute Gasteiger partial charge is 0.451 e. The summed E-state index contributed by atoms with van der Waals surface area (Å²) in [4.78, 5) is 39.2. The first-order chi connectivity index (χ1) is 11.6. The van der Waals surface area contributed by atoms with Crippen LogP contribution >= 0.6 is 11.6 Å². The number of ketones is 2. The number of Topliss-reactive ketones (excluding diaryl/α,β-unsaturated/α-hetero) is 2. The summed E-state index contributed by atoms with van der Waals surface area (Å²) in [6.07, 6.45) is -1.11. The minimum absolute atomic E-state index is 0.0356. The van der Waals surface area contributed by atoms with Gasteiger partial charge in [0.1, 0.15) is 5.82 Å². The number of nitrogens with one attached hydrogen (secondary N) is 1. The summed E-state index contributed by atoms with van der Waals surface area (Å²) < 4.78 is 18.2. The van der Waals surface area contributed by atoms with Crippen LogP contribution in [0.2, 0.25) is 5.02 Å². The minimum Gasteiger partial charge on any atom is -0.451 e. The van der Waals surface area contributed by atoms with E-state index in [4.69, 9.17) is 16.3 Å². The van der Waals surface area contributed by atoms with Crippen molar-refractivity contribution in [2.75, 3.05) is 0 Å². The smallest absolute Gasteiger partial charge is 0.340 e. The van der Waals surface area contributed by atoms with Gasteiger partial charge in [-0.05, 0) is 51.5 Å². The van der Waals surface area contributed by atoms with Gasteiger partial charge in [-0.3, -0.25) is 9.59 Å². The number of halogens is 2. The second kappa shape index (κ2) is 7.19. The Labute approximate surface area is 149 Å². The number of H-pyrrole nitrogens is 1. The normalized spacial score (nSPS) is 11.9. The molecule has 0 saturated heterocycles. The highest BCUT2D eigenvalue weighted by atomic mass is 35.5. The molecule has 0 aliphatic heterocycles. The maximum atomic E-state index is 13.1. The molecule has 7 heteroatoms. The number of aromatic nitrogens is 1. The Balaban J connectivity index is 2.22. The van der Waals surface area contributed by atoms with Crippen LogP contribution in [0.15, 0.2) is 18.2 Å². The zero-order valence-corrected chi connectivity index (χ0v) is 15.0. The molecule has 0 aliphatic rings. The van der Waals surface area contributed by atoms with Gasteiger partial charge in [-0.2, -0.15) is 0 Å². The summed E-state index contributed by atoms with van der Waals surface area (Å²) in [7, 11) is 0. The van der Waals surface area contributed by atoms with Gasteiger partial charge in [0.15, 0.2) is 11.9 Å². The Kier molecular flexibility index (Phi) is 5.42. The van der Waals surface area contributed by atoms with Gasteiger partial charge >= 0.3 is 5.97 Å². The molecule has 1 aromatic carbocycles. The van der Waals surface area contributed by atoms with Crippen molar-refractivity contribution in [2.45, 2.75) is 33.8 Å². The van der Waals surface area contributed by atoms with E-state index < -0.39 is 23.7 Å². The summed E-state index contributed by atoms with van der Waals surface area (Å²) in [6.45, 7) is 6.17. The number of hydrogen-bond donors (Lipinski definition) is 1. The number of rotatable bonds is 5. The molecule has 132 valence electrons. The Morgan fingerprint density at radius 2 is 1.88 bits per heavy atom. The Bertz CT molecular complexity index is 872. The monoisotopic (exact) mass is 365 g/mol. The summed E-state index contributed by atoms with van der Waals surface area (Å²) in [6, 6.07) is 3.25. The number of ether oxygens (including phenoxy) is 1. The van der Waals surface area contributed by atoms with Crippen molar-refractivity contribution in [2.24, 2.45) is 0 Å². The van der Waals surface area contributed by atoms with Crippen LogP contribution in [0.1, 0.15) is 56.3 Å². The lowest BCUT2D eigenvalue weighted by atomic mass is 10.0. The van der Waals surface area contributed by atoms with Crippen molar-refractivity contribution in [3.63, 3.8) is 0 Å². The quantitative estimate of drug-likeness (QED) is 0.640. The molecule has 25 heavy (non-hydrogen) atoms. The molecule has 0 spiro atoms. The van der Waals surface area contributed by atoms with E-state index in [0.29, 0.717) is 16.8 Å². The van der Waals surface area contributed by atoms with E-state index in [9.17, 15) is 18.8 Å². The number of aryl methyl sites for hydroxylation is 1.